The second-order valence-electron chi connectivity index (χ2n) is 5.73. The van der Waals surface area contributed by atoms with Crippen molar-refractivity contribution >= 4 is 17.4 Å². The van der Waals surface area contributed by atoms with Crippen molar-refractivity contribution in [2.24, 2.45) is 0 Å². The molecule has 0 amide bonds. The second kappa shape index (κ2) is 7.24. The molecule has 0 aliphatic carbocycles. The molecule has 2 atom stereocenters. The molecule has 1 aliphatic rings. The van der Waals surface area contributed by atoms with Gasteiger partial charge in [0.25, 0.3) is 5.69 Å². The highest BCUT2D eigenvalue weighted by atomic mass is 32.2. The minimum absolute atomic E-state index is 0.190. The maximum absolute atomic E-state index is 11.0. The Hall–Kier alpha value is -1.11. The van der Waals surface area contributed by atoms with Crippen LogP contribution in [-0.4, -0.2) is 39.7 Å². The maximum atomic E-state index is 11.0. The van der Waals surface area contributed by atoms with Crippen molar-refractivity contribution in [2.75, 3.05) is 18.1 Å². The number of thioether (sulfide) groups is 1. The summed E-state index contributed by atoms with van der Waals surface area (Å²) in [5, 5.41) is 24.6. The summed E-state index contributed by atoms with van der Waals surface area (Å²) in [7, 11) is 0. The van der Waals surface area contributed by atoms with Gasteiger partial charge in [-0.3, -0.25) is 10.1 Å². The molecule has 5 nitrogen and oxygen atoms in total. The number of nitro groups is 1. The smallest absolute Gasteiger partial charge is 0.272 e. The molecule has 2 N–H and O–H groups in total. The molecule has 2 rings (SSSR count). The first-order valence-corrected chi connectivity index (χ1v) is 8.41. The van der Waals surface area contributed by atoms with Crippen LogP contribution in [0.3, 0.4) is 0 Å². The third-order valence-corrected chi connectivity index (χ3v) is 5.13. The molecule has 6 heteroatoms. The van der Waals surface area contributed by atoms with Crippen molar-refractivity contribution in [1.29, 1.82) is 0 Å². The molecule has 0 aromatic heterocycles. The Morgan fingerprint density at radius 3 is 2.95 bits per heavy atom. The average Bonchev–Trinajstić information content (AvgIpc) is 2.90. The zero-order valence-electron chi connectivity index (χ0n) is 12.2. The minimum atomic E-state index is -0.586. The number of rotatable bonds is 7. The van der Waals surface area contributed by atoms with E-state index < -0.39 is 5.60 Å². The van der Waals surface area contributed by atoms with Gasteiger partial charge < -0.3 is 10.4 Å². The largest absolute Gasteiger partial charge is 0.388 e. The molecule has 0 radical (unpaired) electrons. The molecule has 1 fully saturated rings. The number of para-hydroxylation sites is 1. The summed E-state index contributed by atoms with van der Waals surface area (Å²) in [6, 6.07) is 7.10. The lowest BCUT2D eigenvalue weighted by Gasteiger charge is -2.24. The van der Waals surface area contributed by atoms with Crippen LogP contribution in [0.1, 0.15) is 25.3 Å². The Kier molecular flexibility index (Phi) is 5.61. The van der Waals surface area contributed by atoms with Crippen molar-refractivity contribution in [3.8, 4) is 0 Å². The van der Waals surface area contributed by atoms with E-state index in [1.165, 1.54) is 0 Å². The Morgan fingerprint density at radius 2 is 2.29 bits per heavy atom. The third-order valence-electron chi connectivity index (χ3n) is 3.90. The lowest BCUT2D eigenvalue weighted by Crippen LogP contribution is -2.43. The van der Waals surface area contributed by atoms with E-state index in [9.17, 15) is 15.2 Å². The van der Waals surface area contributed by atoms with E-state index in [0.29, 0.717) is 13.0 Å². The van der Waals surface area contributed by atoms with Gasteiger partial charge in [-0.25, -0.2) is 0 Å². The first-order valence-electron chi connectivity index (χ1n) is 7.26. The Balaban J connectivity index is 1.81. The molecular weight excluding hydrogens is 288 g/mol. The molecule has 1 aliphatic heterocycles. The number of nitro benzene ring substituents is 1. The first-order chi connectivity index (χ1) is 10.0. The summed E-state index contributed by atoms with van der Waals surface area (Å²) in [5.41, 5.74) is 0.374. The fourth-order valence-electron chi connectivity index (χ4n) is 2.47. The molecule has 21 heavy (non-hydrogen) atoms. The molecule has 0 bridgehead atoms. The quantitative estimate of drug-likeness (QED) is 0.597. The van der Waals surface area contributed by atoms with Crippen LogP contribution < -0.4 is 5.32 Å². The van der Waals surface area contributed by atoms with Crippen LogP contribution in [0.15, 0.2) is 24.3 Å². The number of nitrogens with zero attached hydrogens (tertiary/aromatic N) is 1. The summed E-state index contributed by atoms with van der Waals surface area (Å²) in [6.07, 6.45) is 2.31. The van der Waals surface area contributed by atoms with Gasteiger partial charge in [0.05, 0.1) is 10.5 Å². The third kappa shape index (κ3) is 4.69. The maximum Gasteiger partial charge on any atom is 0.272 e. The van der Waals surface area contributed by atoms with Crippen LogP contribution in [0.25, 0.3) is 0 Å². The predicted octanol–water partition coefficient (Wildman–Crippen LogP) is 2.37. The zero-order valence-corrected chi connectivity index (χ0v) is 13.1. The van der Waals surface area contributed by atoms with E-state index in [-0.39, 0.29) is 16.7 Å². The fraction of sp³-hybridized carbons (Fsp3) is 0.600. The van der Waals surface area contributed by atoms with Crippen molar-refractivity contribution in [3.05, 3.63) is 39.9 Å². The summed E-state index contributed by atoms with van der Waals surface area (Å²) in [6.45, 7) is 2.65. The SMILES string of the molecule is CC(CCc1ccccc1[N+](=O)[O-])NCC1(O)CCSC1. The van der Waals surface area contributed by atoms with Crippen molar-refractivity contribution in [3.63, 3.8) is 0 Å². The molecule has 1 aromatic carbocycles. The van der Waals surface area contributed by atoms with E-state index in [0.717, 1.165) is 29.9 Å². The number of aliphatic hydroxyl groups is 1. The average molecular weight is 310 g/mol. The van der Waals surface area contributed by atoms with Crippen LogP contribution >= 0.6 is 11.8 Å². The standard InChI is InChI=1S/C15H22N2O3S/c1-12(16-10-15(18)8-9-21-11-15)6-7-13-4-2-3-5-14(13)17(19)20/h2-5,12,16,18H,6-11H2,1H3. The van der Waals surface area contributed by atoms with Crippen molar-refractivity contribution in [2.45, 2.75) is 37.8 Å². The molecule has 1 saturated heterocycles. The lowest BCUT2D eigenvalue weighted by atomic mass is 10.0. The number of hydrogen-bond acceptors (Lipinski definition) is 5. The molecule has 1 heterocycles. The van der Waals surface area contributed by atoms with Crippen LogP contribution in [0.4, 0.5) is 5.69 Å². The van der Waals surface area contributed by atoms with Crippen LogP contribution in [0.2, 0.25) is 0 Å². The van der Waals surface area contributed by atoms with Crippen LogP contribution in [0, 0.1) is 10.1 Å². The van der Waals surface area contributed by atoms with E-state index >= 15 is 0 Å². The molecule has 2 unspecified atom stereocenters. The van der Waals surface area contributed by atoms with Gasteiger partial charge in [-0.15, -0.1) is 0 Å². The minimum Gasteiger partial charge on any atom is -0.388 e. The normalized spacial score (nSPS) is 23.1. The Bertz CT molecular complexity index is 490. The van der Waals surface area contributed by atoms with Gasteiger partial charge in [-0.1, -0.05) is 18.2 Å². The van der Waals surface area contributed by atoms with Gasteiger partial charge in [0.15, 0.2) is 0 Å². The summed E-state index contributed by atoms with van der Waals surface area (Å²) < 4.78 is 0. The predicted molar refractivity (Wildman–Crippen MR) is 85.8 cm³/mol. The highest BCUT2D eigenvalue weighted by molar-refractivity contribution is 7.99. The van der Waals surface area contributed by atoms with Crippen molar-refractivity contribution < 1.29 is 10.0 Å². The van der Waals surface area contributed by atoms with Gasteiger partial charge >= 0.3 is 0 Å². The Labute approximate surface area is 129 Å². The van der Waals surface area contributed by atoms with Gasteiger partial charge in [0.1, 0.15) is 0 Å². The van der Waals surface area contributed by atoms with Gasteiger partial charge in [-0.05, 0) is 31.9 Å². The van der Waals surface area contributed by atoms with E-state index in [2.05, 4.69) is 12.2 Å². The van der Waals surface area contributed by atoms with E-state index in [4.69, 9.17) is 0 Å². The summed E-state index contributed by atoms with van der Waals surface area (Å²) in [5.74, 6) is 1.81. The number of benzene rings is 1. The van der Waals surface area contributed by atoms with Crippen LogP contribution in [0.5, 0.6) is 0 Å². The van der Waals surface area contributed by atoms with E-state index in [1.54, 1.807) is 23.9 Å². The van der Waals surface area contributed by atoms with Gasteiger partial charge in [-0.2, -0.15) is 11.8 Å². The highest BCUT2D eigenvalue weighted by Crippen LogP contribution is 2.27. The van der Waals surface area contributed by atoms with E-state index in [1.807, 2.05) is 12.1 Å². The monoisotopic (exact) mass is 310 g/mol. The highest BCUT2D eigenvalue weighted by Gasteiger charge is 2.31. The summed E-state index contributed by atoms with van der Waals surface area (Å²) in [4.78, 5) is 10.6. The van der Waals surface area contributed by atoms with Gasteiger partial charge in [0, 0.05) is 30.0 Å². The molecule has 1 aromatic rings. The first kappa shape index (κ1) is 16.3. The fourth-order valence-corrected chi connectivity index (χ4v) is 3.77. The molecule has 0 spiro atoms. The lowest BCUT2D eigenvalue weighted by molar-refractivity contribution is -0.385. The number of hydrogen-bond donors (Lipinski definition) is 2. The van der Waals surface area contributed by atoms with Crippen LogP contribution in [-0.2, 0) is 6.42 Å². The number of nitrogens with one attached hydrogen (secondary N) is 1. The van der Waals surface area contributed by atoms with Gasteiger partial charge in [0.2, 0.25) is 0 Å². The topological polar surface area (TPSA) is 75.4 Å². The van der Waals surface area contributed by atoms with Crippen molar-refractivity contribution in [1.82, 2.24) is 5.32 Å². The molecular formula is C15H22N2O3S. The second-order valence-corrected chi connectivity index (χ2v) is 6.84. The molecule has 0 saturated carbocycles. The number of aryl methyl sites for hydroxylation is 1. The summed E-state index contributed by atoms with van der Waals surface area (Å²) >= 11 is 1.78. The molecule has 116 valence electrons. The zero-order chi connectivity index (χ0) is 15.3. The Morgan fingerprint density at radius 1 is 1.52 bits per heavy atom.